The molecule has 2 aromatic rings. The lowest BCUT2D eigenvalue weighted by molar-refractivity contribution is -0.131. The number of nitrogens with zero attached hydrogens (tertiary/aromatic N) is 4. The van der Waals surface area contributed by atoms with Crippen molar-refractivity contribution in [2.24, 2.45) is 0 Å². The van der Waals surface area contributed by atoms with Gasteiger partial charge in [0.15, 0.2) is 5.82 Å². The first-order valence-electron chi connectivity index (χ1n) is 11.2. The van der Waals surface area contributed by atoms with Crippen molar-refractivity contribution in [3.05, 3.63) is 47.6 Å². The Balaban J connectivity index is 1.19. The van der Waals surface area contributed by atoms with Crippen molar-refractivity contribution in [2.75, 3.05) is 39.3 Å². The molecule has 1 aromatic heterocycles. The van der Waals surface area contributed by atoms with Gasteiger partial charge in [-0.25, -0.2) is 0 Å². The largest absolute Gasteiger partial charge is 0.376 e. The Hall–Kier alpha value is -2.25. The van der Waals surface area contributed by atoms with E-state index in [0.717, 1.165) is 31.6 Å². The Kier molecular flexibility index (Phi) is 7.48. The summed E-state index contributed by atoms with van der Waals surface area (Å²) in [6, 6.07) is 10.1. The van der Waals surface area contributed by atoms with Crippen molar-refractivity contribution in [3.8, 4) is 0 Å². The molecule has 1 atom stereocenters. The number of ether oxygens (including phenoxy) is 1. The molecule has 1 aromatic carbocycles. The fourth-order valence-corrected chi connectivity index (χ4v) is 4.24. The molecule has 2 saturated heterocycles. The highest BCUT2D eigenvalue weighted by Gasteiger charge is 2.31. The molecule has 0 radical (unpaired) electrons. The highest BCUT2D eigenvalue weighted by Crippen LogP contribution is 2.26. The molecule has 0 bridgehead atoms. The maximum atomic E-state index is 12.7. The van der Waals surface area contributed by atoms with Gasteiger partial charge in [0.1, 0.15) is 0 Å². The van der Waals surface area contributed by atoms with Crippen LogP contribution in [0.1, 0.15) is 55.3 Å². The van der Waals surface area contributed by atoms with Crippen LogP contribution in [0, 0.1) is 0 Å². The van der Waals surface area contributed by atoms with Crippen LogP contribution in [0.25, 0.3) is 0 Å². The molecule has 4 rings (SSSR count). The number of amides is 1. The van der Waals surface area contributed by atoms with Crippen molar-refractivity contribution < 1.29 is 14.1 Å². The standard InChI is InChI=1S/C23H32N4O3/c28-22(17-26-12-6-1-2-7-13-26)27-14-10-20(16-27)23-24-21(25-30-23)11-15-29-18-19-8-4-3-5-9-19/h3-5,8-9,20H,1-2,6-7,10-18H2. The summed E-state index contributed by atoms with van der Waals surface area (Å²) in [7, 11) is 0. The zero-order chi connectivity index (χ0) is 20.6. The number of carbonyl (C=O) groups excluding carboxylic acids is 1. The fraction of sp³-hybridized carbons (Fsp3) is 0.609. The van der Waals surface area contributed by atoms with Crippen LogP contribution < -0.4 is 0 Å². The van der Waals surface area contributed by atoms with Crippen LogP contribution >= 0.6 is 0 Å². The normalized spacial score (nSPS) is 20.4. The summed E-state index contributed by atoms with van der Waals surface area (Å²) < 4.78 is 11.2. The average Bonchev–Trinajstić information content (AvgIpc) is 3.37. The van der Waals surface area contributed by atoms with Crippen molar-refractivity contribution >= 4 is 5.91 Å². The Labute approximate surface area is 178 Å². The van der Waals surface area contributed by atoms with Crippen molar-refractivity contribution in [3.63, 3.8) is 0 Å². The van der Waals surface area contributed by atoms with Gasteiger partial charge in [0.05, 0.1) is 25.7 Å². The van der Waals surface area contributed by atoms with Gasteiger partial charge in [-0.1, -0.05) is 48.3 Å². The predicted octanol–water partition coefficient (Wildman–Crippen LogP) is 3.02. The molecule has 3 heterocycles. The van der Waals surface area contributed by atoms with E-state index < -0.39 is 0 Å². The van der Waals surface area contributed by atoms with Gasteiger partial charge in [-0.05, 0) is 37.9 Å². The SMILES string of the molecule is O=C(CN1CCCCCC1)N1CCC(c2nc(CCOCc3ccccc3)no2)C1. The third kappa shape index (κ3) is 5.89. The number of aromatic nitrogens is 2. The molecule has 7 heteroatoms. The molecule has 1 amide bonds. The summed E-state index contributed by atoms with van der Waals surface area (Å²) in [5.41, 5.74) is 1.15. The fourth-order valence-electron chi connectivity index (χ4n) is 4.24. The van der Waals surface area contributed by atoms with E-state index in [2.05, 4.69) is 15.0 Å². The van der Waals surface area contributed by atoms with E-state index in [1.165, 1.54) is 25.7 Å². The highest BCUT2D eigenvalue weighted by molar-refractivity contribution is 5.78. The van der Waals surface area contributed by atoms with E-state index in [4.69, 9.17) is 9.26 Å². The molecule has 0 saturated carbocycles. The second kappa shape index (κ2) is 10.7. The van der Waals surface area contributed by atoms with Crippen molar-refractivity contribution in [1.82, 2.24) is 19.9 Å². The van der Waals surface area contributed by atoms with Crippen LogP contribution in [0.2, 0.25) is 0 Å². The maximum Gasteiger partial charge on any atom is 0.236 e. The second-order valence-electron chi connectivity index (χ2n) is 8.35. The number of likely N-dealkylation sites (tertiary alicyclic amines) is 2. The first-order chi connectivity index (χ1) is 14.8. The Morgan fingerprint density at radius 1 is 1.10 bits per heavy atom. The smallest absolute Gasteiger partial charge is 0.236 e. The minimum atomic E-state index is 0.143. The number of rotatable bonds is 8. The summed E-state index contributed by atoms with van der Waals surface area (Å²) in [6.07, 6.45) is 6.49. The Bertz CT molecular complexity index is 787. The predicted molar refractivity (Wildman–Crippen MR) is 113 cm³/mol. The molecule has 0 N–H and O–H groups in total. The van der Waals surface area contributed by atoms with Gasteiger partial charge in [0, 0.05) is 19.5 Å². The number of benzene rings is 1. The lowest BCUT2D eigenvalue weighted by atomic mass is 10.1. The molecule has 0 spiro atoms. The first kappa shape index (κ1) is 21.0. The van der Waals surface area contributed by atoms with Gasteiger partial charge in [0.25, 0.3) is 0 Å². The summed E-state index contributed by atoms with van der Waals surface area (Å²) in [5, 5.41) is 4.10. The van der Waals surface area contributed by atoms with Crippen LogP contribution in [0.5, 0.6) is 0 Å². The topological polar surface area (TPSA) is 71.7 Å². The van der Waals surface area contributed by atoms with Crippen LogP contribution in [0.15, 0.2) is 34.9 Å². The second-order valence-corrected chi connectivity index (χ2v) is 8.35. The first-order valence-corrected chi connectivity index (χ1v) is 11.2. The molecule has 2 aliphatic rings. The molecular formula is C23H32N4O3. The molecule has 162 valence electrons. The van der Waals surface area contributed by atoms with Gasteiger partial charge in [-0.3, -0.25) is 9.69 Å². The summed E-state index contributed by atoms with van der Waals surface area (Å²) >= 11 is 0. The number of hydrogen-bond acceptors (Lipinski definition) is 6. The minimum absolute atomic E-state index is 0.143. The van der Waals surface area contributed by atoms with Gasteiger partial charge in [-0.15, -0.1) is 0 Å². The summed E-state index contributed by atoms with van der Waals surface area (Å²) in [4.78, 5) is 21.5. The maximum absolute atomic E-state index is 12.7. The quantitative estimate of drug-likeness (QED) is 0.621. The molecule has 0 aliphatic carbocycles. The van der Waals surface area contributed by atoms with E-state index in [9.17, 15) is 4.79 Å². The Morgan fingerprint density at radius 3 is 2.70 bits per heavy atom. The lowest BCUT2D eigenvalue weighted by Gasteiger charge is -2.23. The van der Waals surface area contributed by atoms with Gasteiger partial charge >= 0.3 is 0 Å². The van der Waals surface area contributed by atoms with Crippen molar-refractivity contribution in [1.29, 1.82) is 0 Å². The molecule has 2 fully saturated rings. The lowest BCUT2D eigenvalue weighted by Crippen LogP contribution is -2.39. The summed E-state index contributed by atoms with van der Waals surface area (Å²) in [6.45, 7) is 5.22. The summed E-state index contributed by atoms with van der Waals surface area (Å²) in [5.74, 6) is 1.70. The zero-order valence-corrected chi connectivity index (χ0v) is 17.7. The van der Waals surface area contributed by atoms with Crippen molar-refractivity contribution in [2.45, 2.75) is 51.0 Å². The van der Waals surface area contributed by atoms with Crippen LogP contribution in [-0.4, -0.2) is 65.2 Å². The zero-order valence-electron chi connectivity index (χ0n) is 17.7. The molecular weight excluding hydrogens is 380 g/mol. The van der Waals surface area contributed by atoms with Gasteiger partial charge in [0.2, 0.25) is 11.8 Å². The minimum Gasteiger partial charge on any atom is -0.376 e. The van der Waals surface area contributed by atoms with Crippen LogP contribution in [-0.2, 0) is 22.6 Å². The van der Waals surface area contributed by atoms with E-state index in [-0.39, 0.29) is 11.8 Å². The van der Waals surface area contributed by atoms with Gasteiger partial charge in [-0.2, -0.15) is 4.98 Å². The van der Waals surface area contributed by atoms with E-state index >= 15 is 0 Å². The molecule has 7 nitrogen and oxygen atoms in total. The third-order valence-electron chi connectivity index (χ3n) is 6.01. The Morgan fingerprint density at radius 2 is 1.90 bits per heavy atom. The third-order valence-corrected chi connectivity index (χ3v) is 6.01. The van der Waals surface area contributed by atoms with E-state index in [1.54, 1.807) is 0 Å². The van der Waals surface area contributed by atoms with E-state index in [0.29, 0.717) is 44.4 Å². The molecule has 1 unspecified atom stereocenters. The van der Waals surface area contributed by atoms with Gasteiger partial charge < -0.3 is 14.2 Å². The number of carbonyl (C=O) groups is 1. The average molecular weight is 413 g/mol. The molecule has 2 aliphatic heterocycles. The highest BCUT2D eigenvalue weighted by atomic mass is 16.5. The van der Waals surface area contributed by atoms with E-state index in [1.807, 2.05) is 35.2 Å². The molecule has 30 heavy (non-hydrogen) atoms. The van der Waals surface area contributed by atoms with Crippen LogP contribution in [0.4, 0.5) is 0 Å². The number of hydrogen-bond donors (Lipinski definition) is 0. The van der Waals surface area contributed by atoms with Crippen LogP contribution in [0.3, 0.4) is 0 Å². The monoisotopic (exact) mass is 412 g/mol.